The minimum atomic E-state index is -0.397. The van der Waals surface area contributed by atoms with Crippen molar-refractivity contribution in [3.63, 3.8) is 0 Å². The molecular formula is C19H21N3O3S. The van der Waals surface area contributed by atoms with Crippen LogP contribution in [0.3, 0.4) is 0 Å². The van der Waals surface area contributed by atoms with Gasteiger partial charge in [-0.05, 0) is 30.0 Å². The van der Waals surface area contributed by atoms with Crippen molar-refractivity contribution in [3.8, 4) is 28.7 Å². The van der Waals surface area contributed by atoms with Gasteiger partial charge in [0.15, 0.2) is 11.5 Å². The fraction of sp³-hybridized carbons (Fsp3) is 0.368. The lowest BCUT2D eigenvalue weighted by molar-refractivity contribution is -0.121. The van der Waals surface area contributed by atoms with E-state index in [0.717, 1.165) is 28.3 Å². The fourth-order valence-electron chi connectivity index (χ4n) is 2.84. The highest BCUT2D eigenvalue weighted by molar-refractivity contribution is 7.08. The summed E-state index contributed by atoms with van der Waals surface area (Å²) in [7, 11) is 0. The molecule has 1 aliphatic rings. The molecule has 0 saturated heterocycles. The summed E-state index contributed by atoms with van der Waals surface area (Å²) in [5.41, 5.74) is 2.90. The number of nitriles is 1. The molecule has 7 heteroatoms. The molecule has 3 rings (SSSR count). The quantitative estimate of drug-likeness (QED) is 0.727. The summed E-state index contributed by atoms with van der Waals surface area (Å²) in [6.07, 6.45) is 0.674. The Morgan fingerprint density at radius 2 is 2.12 bits per heavy atom. The van der Waals surface area contributed by atoms with Crippen molar-refractivity contribution in [1.82, 2.24) is 5.32 Å². The molecule has 0 spiro atoms. The maximum atomic E-state index is 12.4. The normalized spacial score (nSPS) is 13.3. The molecule has 0 unspecified atom stereocenters. The Bertz CT molecular complexity index is 826. The van der Waals surface area contributed by atoms with Gasteiger partial charge in [-0.15, -0.1) is 11.3 Å². The minimum Gasteiger partial charge on any atom is -0.454 e. The molecule has 136 valence electrons. The third-order valence-corrected chi connectivity index (χ3v) is 4.78. The van der Waals surface area contributed by atoms with E-state index >= 15 is 0 Å². The molecule has 1 aliphatic heterocycles. The van der Waals surface area contributed by atoms with Gasteiger partial charge in [0.2, 0.25) is 12.7 Å². The van der Waals surface area contributed by atoms with Gasteiger partial charge in [0, 0.05) is 16.3 Å². The average molecular weight is 371 g/mol. The molecule has 2 heterocycles. The van der Waals surface area contributed by atoms with Crippen LogP contribution in [0.15, 0.2) is 29.0 Å². The lowest BCUT2D eigenvalue weighted by Gasteiger charge is -2.21. The van der Waals surface area contributed by atoms with Crippen LogP contribution >= 0.6 is 11.3 Å². The molecule has 0 bridgehead atoms. The van der Waals surface area contributed by atoms with Crippen molar-refractivity contribution < 1.29 is 14.3 Å². The van der Waals surface area contributed by atoms with Crippen molar-refractivity contribution in [2.24, 2.45) is 5.92 Å². The van der Waals surface area contributed by atoms with E-state index in [-0.39, 0.29) is 19.2 Å². The number of benzene rings is 1. The Morgan fingerprint density at radius 1 is 1.31 bits per heavy atom. The summed E-state index contributed by atoms with van der Waals surface area (Å²) in [6.45, 7) is 4.38. The van der Waals surface area contributed by atoms with E-state index in [4.69, 9.17) is 14.7 Å². The molecule has 1 aromatic heterocycles. The number of nitrogens with one attached hydrogen (secondary N) is 2. The second kappa shape index (κ2) is 8.11. The highest BCUT2D eigenvalue weighted by Crippen LogP contribution is 2.39. The van der Waals surface area contributed by atoms with Gasteiger partial charge in [-0.2, -0.15) is 5.26 Å². The summed E-state index contributed by atoms with van der Waals surface area (Å²) < 4.78 is 10.8. The summed E-state index contributed by atoms with van der Waals surface area (Å²) >= 11 is 1.57. The second-order valence-corrected chi connectivity index (χ2v) is 7.21. The number of thiophene rings is 1. The van der Waals surface area contributed by atoms with Crippen molar-refractivity contribution in [3.05, 3.63) is 29.0 Å². The Morgan fingerprint density at radius 3 is 2.88 bits per heavy atom. The van der Waals surface area contributed by atoms with Crippen molar-refractivity contribution >= 4 is 22.9 Å². The summed E-state index contributed by atoms with van der Waals surface area (Å²) in [6, 6.07) is 7.37. The van der Waals surface area contributed by atoms with Crippen LogP contribution in [-0.4, -0.2) is 25.3 Å². The van der Waals surface area contributed by atoms with Crippen LogP contribution in [0.5, 0.6) is 11.5 Å². The van der Waals surface area contributed by atoms with Crippen LogP contribution in [0.2, 0.25) is 0 Å². The number of carbonyl (C=O) groups is 1. The molecule has 6 nitrogen and oxygen atoms in total. The first kappa shape index (κ1) is 18.1. The number of carbonyl (C=O) groups excluding carboxylic acids is 1. The molecule has 2 N–H and O–H groups in total. The molecule has 0 aliphatic carbocycles. The molecule has 26 heavy (non-hydrogen) atoms. The first-order chi connectivity index (χ1) is 12.6. The van der Waals surface area contributed by atoms with E-state index in [1.54, 1.807) is 11.3 Å². The third-order valence-electron chi connectivity index (χ3n) is 4.04. The van der Waals surface area contributed by atoms with Crippen molar-refractivity contribution in [2.45, 2.75) is 26.3 Å². The van der Waals surface area contributed by atoms with Crippen LogP contribution in [0.25, 0.3) is 11.1 Å². The molecule has 2 aromatic rings. The summed E-state index contributed by atoms with van der Waals surface area (Å²) in [4.78, 5) is 12.4. The van der Waals surface area contributed by atoms with Crippen molar-refractivity contribution in [2.75, 3.05) is 18.7 Å². The van der Waals surface area contributed by atoms with Gasteiger partial charge in [0.25, 0.3) is 0 Å². The first-order valence-electron chi connectivity index (χ1n) is 8.46. The van der Waals surface area contributed by atoms with E-state index in [1.807, 2.05) is 35.0 Å². The zero-order chi connectivity index (χ0) is 18.5. The average Bonchev–Trinajstić information content (AvgIpc) is 3.26. The minimum absolute atomic E-state index is 0.00770. The Labute approximate surface area is 156 Å². The number of ether oxygens (including phenoxy) is 2. The lowest BCUT2D eigenvalue weighted by Crippen LogP contribution is -2.40. The highest BCUT2D eigenvalue weighted by atomic mass is 32.1. The van der Waals surface area contributed by atoms with E-state index in [1.165, 1.54) is 0 Å². The van der Waals surface area contributed by atoms with Gasteiger partial charge in [0.1, 0.15) is 12.6 Å². The second-order valence-electron chi connectivity index (χ2n) is 6.47. The molecule has 1 atom stereocenters. The Kier molecular flexibility index (Phi) is 5.64. The number of fused-ring (bicyclic) bond motifs is 1. The van der Waals surface area contributed by atoms with Crippen LogP contribution < -0.4 is 20.1 Å². The SMILES string of the molecule is CC(C)C[C@H](Nc1cscc1-c1ccc2c(c1)OCO2)C(=O)NCC#N. The van der Waals surface area contributed by atoms with Gasteiger partial charge >= 0.3 is 0 Å². The number of hydrogen-bond acceptors (Lipinski definition) is 6. The van der Waals surface area contributed by atoms with Gasteiger partial charge in [-0.3, -0.25) is 4.79 Å². The molecular weight excluding hydrogens is 350 g/mol. The predicted octanol–water partition coefficient (Wildman–Crippen LogP) is 3.61. The number of amides is 1. The van der Waals surface area contributed by atoms with Crippen LogP contribution in [-0.2, 0) is 4.79 Å². The third kappa shape index (κ3) is 4.09. The highest BCUT2D eigenvalue weighted by Gasteiger charge is 2.22. The topological polar surface area (TPSA) is 83.4 Å². The number of hydrogen-bond donors (Lipinski definition) is 2. The van der Waals surface area contributed by atoms with E-state index in [9.17, 15) is 4.79 Å². The van der Waals surface area contributed by atoms with Gasteiger partial charge in [-0.25, -0.2) is 0 Å². The lowest BCUT2D eigenvalue weighted by atomic mass is 10.0. The van der Waals surface area contributed by atoms with E-state index in [0.29, 0.717) is 12.3 Å². The Balaban J connectivity index is 1.82. The summed E-state index contributed by atoms with van der Waals surface area (Å²) in [5.74, 6) is 1.65. The maximum absolute atomic E-state index is 12.4. The van der Waals surface area contributed by atoms with Crippen LogP contribution in [0.4, 0.5) is 5.69 Å². The monoisotopic (exact) mass is 371 g/mol. The zero-order valence-electron chi connectivity index (χ0n) is 14.7. The van der Waals surface area contributed by atoms with Crippen LogP contribution in [0.1, 0.15) is 20.3 Å². The van der Waals surface area contributed by atoms with Gasteiger partial charge in [0.05, 0.1) is 11.8 Å². The zero-order valence-corrected chi connectivity index (χ0v) is 15.6. The van der Waals surface area contributed by atoms with E-state index in [2.05, 4.69) is 24.5 Å². The fourth-order valence-corrected chi connectivity index (χ4v) is 3.64. The molecule has 0 fully saturated rings. The van der Waals surface area contributed by atoms with Gasteiger partial charge in [-0.1, -0.05) is 19.9 Å². The van der Waals surface area contributed by atoms with Gasteiger partial charge < -0.3 is 20.1 Å². The molecule has 0 radical (unpaired) electrons. The number of anilines is 1. The first-order valence-corrected chi connectivity index (χ1v) is 9.40. The molecule has 1 amide bonds. The largest absolute Gasteiger partial charge is 0.454 e. The van der Waals surface area contributed by atoms with Crippen molar-refractivity contribution in [1.29, 1.82) is 5.26 Å². The maximum Gasteiger partial charge on any atom is 0.243 e. The summed E-state index contributed by atoms with van der Waals surface area (Å²) in [5, 5.41) is 18.7. The number of nitrogens with zero attached hydrogens (tertiary/aromatic N) is 1. The predicted molar refractivity (Wildman–Crippen MR) is 101 cm³/mol. The smallest absolute Gasteiger partial charge is 0.243 e. The molecule has 1 aromatic carbocycles. The van der Waals surface area contributed by atoms with E-state index < -0.39 is 6.04 Å². The number of rotatable bonds is 7. The van der Waals surface area contributed by atoms with Crippen LogP contribution in [0, 0.1) is 17.2 Å². The molecule has 0 saturated carbocycles. The standard InChI is InChI=1S/C19H21N3O3S/c1-12(2)7-15(19(23)21-6-5-20)22-16-10-26-9-14(16)13-3-4-17-18(8-13)25-11-24-17/h3-4,8-10,12,15,22H,6-7,11H2,1-2H3,(H,21,23)/t15-/m0/s1. The Hall–Kier alpha value is -2.72.